The van der Waals surface area contributed by atoms with Crippen LogP contribution in [0.25, 0.3) is 0 Å². The van der Waals surface area contributed by atoms with Gasteiger partial charge in [-0.25, -0.2) is 0 Å². The summed E-state index contributed by atoms with van der Waals surface area (Å²) in [6.07, 6.45) is 2.65. The SMILES string of the molecule is CC(CNCc1ccc(O)c(O)c1)N(C)C1CC1. The molecule has 0 saturated heterocycles. The van der Waals surface area contributed by atoms with E-state index in [1.54, 1.807) is 6.07 Å². The molecule has 2 rings (SSSR count). The highest BCUT2D eigenvalue weighted by molar-refractivity contribution is 5.40. The van der Waals surface area contributed by atoms with Crippen molar-refractivity contribution in [2.45, 2.75) is 38.4 Å². The van der Waals surface area contributed by atoms with E-state index in [-0.39, 0.29) is 11.5 Å². The summed E-state index contributed by atoms with van der Waals surface area (Å²) in [7, 11) is 2.18. The Morgan fingerprint density at radius 2 is 2.06 bits per heavy atom. The lowest BCUT2D eigenvalue weighted by Gasteiger charge is -2.24. The second kappa shape index (κ2) is 5.59. The van der Waals surface area contributed by atoms with E-state index in [4.69, 9.17) is 0 Å². The fraction of sp³-hybridized carbons (Fsp3) is 0.571. The molecule has 1 saturated carbocycles. The zero-order valence-electron chi connectivity index (χ0n) is 11.1. The summed E-state index contributed by atoms with van der Waals surface area (Å²) < 4.78 is 0. The van der Waals surface area contributed by atoms with Crippen LogP contribution < -0.4 is 5.32 Å². The highest BCUT2D eigenvalue weighted by atomic mass is 16.3. The molecular formula is C14H22N2O2. The van der Waals surface area contributed by atoms with Crippen LogP contribution in [0.1, 0.15) is 25.3 Å². The minimum Gasteiger partial charge on any atom is -0.504 e. The van der Waals surface area contributed by atoms with Gasteiger partial charge in [0.25, 0.3) is 0 Å². The lowest BCUT2D eigenvalue weighted by molar-refractivity contribution is 0.241. The highest BCUT2D eigenvalue weighted by Gasteiger charge is 2.28. The van der Waals surface area contributed by atoms with Crippen molar-refractivity contribution in [3.05, 3.63) is 23.8 Å². The smallest absolute Gasteiger partial charge is 0.157 e. The molecule has 1 unspecified atom stereocenters. The number of hydrogen-bond donors (Lipinski definition) is 3. The van der Waals surface area contributed by atoms with Crippen LogP contribution in [0.3, 0.4) is 0 Å². The van der Waals surface area contributed by atoms with Crippen LogP contribution in [0.15, 0.2) is 18.2 Å². The third-order valence-electron chi connectivity index (χ3n) is 3.63. The first kappa shape index (κ1) is 13.2. The number of nitrogens with zero attached hydrogens (tertiary/aromatic N) is 1. The molecule has 1 aromatic carbocycles. The van der Waals surface area contributed by atoms with E-state index in [2.05, 4.69) is 24.2 Å². The van der Waals surface area contributed by atoms with Gasteiger partial charge < -0.3 is 15.5 Å². The van der Waals surface area contributed by atoms with Crippen molar-refractivity contribution in [3.8, 4) is 11.5 Å². The normalized spacial score (nSPS) is 17.1. The second-order valence-electron chi connectivity index (χ2n) is 5.20. The molecule has 1 atom stereocenters. The quantitative estimate of drug-likeness (QED) is 0.672. The largest absolute Gasteiger partial charge is 0.504 e. The van der Waals surface area contributed by atoms with Crippen LogP contribution in [0.2, 0.25) is 0 Å². The van der Waals surface area contributed by atoms with E-state index in [0.29, 0.717) is 12.6 Å². The number of phenolic OH excluding ortho intramolecular Hbond substituents is 2. The highest BCUT2D eigenvalue weighted by Crippen LogP contribution is 2.27. The zero-order chi connectivity index (χ0) is 13.1. The summed E-state index contributed by atoms with van der Waals surface area (Å²) in [5.41, 5.74) is 0.978. The number of hydrogen-bond acceptors (Lipinski definition) is 4. The lowest BCUT2D eigenvalue weighted by Crippen LogP contribution is -2.38. The Bertz CT molecular complexity index is 405. The number of nitrogens with one attached hydrogen (secondary N) is 1. The van der Waals surface area contributed by atoms with Crippen LogP contribution in [-0.4, -0.2) is 40.8 Å². The first-order valence-electron chi connectivity index (χ1n) is 6.51. The number of likely N-dealkylation sites (N-methyl/N-ethyl adjacent to an activating group) is 1. The van der Waals surface area contributed by atoms with Gasteiger partial charge in [-0.1, -0.05) is 6.07 Å². The van der Waals surface area contributed by atoms with Gasteiger partial charge in [-0.05, 0) is 44.5 Å². The first-order chi connectivity index (χ1) is 8.58. The standard InChI is InChI=1S/C14H22N2O2/c1-10(16(2)12-4-5-12)8-15-9-11-3-6-13(17)14(18)7-11/h3,6-7,10,12,15,17-18H,4-5,8-9H2,1-2H3. The summed E-state index contributed by atoms with van der Waals surface area (Å²) in [4.78, 5) is 2.42. The topological polar surface area (TPSA) is 55.7 Å². The molecule has 1 aromatic rings. The zero-order valence-corrected chi connectivity index (χ0v) is 11.1. The molecule has 0 radical (unpaired) electrons. The molecule has 0 spiro atoms. The van der Waals surface area contributed by atoms with Crippen molar-refractivity contribution in [1.82, 2.24) is 10.2 Å². The summed E-state index contributed by atoms with van der Waals surface area (Å²) in [6.45, 7) is 3.85. The monoisotopic (exact) mass is 250 g/mol. The molecule has 1 fully saturated rings. The summed E-state index contributed by atoms with van der Waals surface area (Å²) in [5, 5.41) is 22.0. The Hall–Kier alpha value is -1.26. The van der Waals surface area contributed by atoms with Crippen LogP contribution >= 0.6 is 0 Å². The van der Waals surface area contributed by atoms with Gasteiger partial charge in [0.05, 0.1) is 0 Å². The van der Waals surface area contributed by atoms with Crippen LogP contribution in [-0.2, 0) is 6.54 Å². The van der Waals surface area contributed by atoms with Gasteiger partial charge in [0, 0.05) is 25.2 Å². The fourth-order valence-corrected chi connectivity index (χ4v) is 2.09. The molecular weight excluding hydrogens is 228 g/mol. The van der Waals surface area contributed by atoms with E-state index in [9.17, 15) is 10.2 Å². The van der Waals surface area contributed by atoms with Gasteiger partial charge in [0.1, 0.15) is 0 Å². The van der Waals surface area contributed by atoms with E-state index in [1.807, 2.05) is 6.07 Å². The van der Waals surface area contributed by atoms with Crippen molar-refractivity contribution in [3.63, 3.8) is 0 Å². The Morgan fingerprint density at radius 3 is 2.67 bits per heavy atom. The van der Waals surface area contributed by atoms with Gasteiger partial charge in [-0.2, -0.15) is 0 Å². The van der Waals surface area contributed by atoms with Crippen molar-refractivity contribution >= 4 is 0 Å². The third kappa shape index (κ3) is 3.37. The van der Waals surface area contributed by atoms with Gasteiger partial charge in [0.2, 0.25) is 0 Å². The second-order valence-corrected chi connectivity index (χ2v) is 5.20. The van der Waals surface area contributed by atoms with Crippen LogP contribution in [0, 0.1) is 0 Å². The fourth-order valence-electron chi connectivity index (χ4n) is 2.09. The maximum Gasteiger partial charge on any atom is 0.157 e. The minimum absolute atomic E-state index is 0.0579. The van der Waals surface area contributed by atoms with Gasteiger partial charge in [-0.3, -0.25) is 4.90 Å². The number of phenols is 2. The van der Waals surface area contributed by atoms with Gasteiger partial charge >= 0.3 is 0 Å². The number of rotatable bonds is 6. The number of aromatic hydroxyl groups is 2. The molecule has 0 bridgehead atoms. The van der Waals surface area contributed by atoms with E-state index < -0.39 is 0 Å². The predicted octanol–water partition coefficient (Wildman–Crippen LogP) is 1.67. The molecule has 0 amide bonds. The molecule has 1 aliphatic rings. The maximum absolute atomic E-state index is 9.39. The first-order valence-corrected chi connectivity index (χ1v) is 6.51. The lowest BCUT2D eigenvalue weighted by atomic mass is 10.2. The average Bonchev–Trinajstić information content (AvgIpc) is 3.16. The Kier molecular flexibility index (Phi) is 4.09. The summed E-state index contributed by atoms with van der Waals surface area (Å²) >= 11 is 0. The van der Waals surface area contributed by atoms with E-state index >= 15 is 0 Å². The molecule has 4 nitrogen and oxygen atoms in total. The van der Waals surface area contributed by atoms with Gasteiger partial charge in [-0.15, -0.1) is 0 Å². The van der Waals surface area contributed by atoms with E-state index in [1.165, 1.54) is 18.9 Å². The summed E-state index contributed by atoms with van der Waals surface area (Å²) in [6, 6.07) is 6.23. The van der Waals surface area contributed by atoms with Crippen molar-refractivity contribution in [1.29, 1.82) is 0 Å². The molecule has 3 N–H and O–H groups in total. The minimum atomic E-state index is -0.0689. The maximum atomic E-state index is 9.39. The van der Waals surface area contributed by atoms with Crippen LogP contribution in [0.4, 0.5) is 0 Å². The van der Waals surface area contributed by atoms with Crippen molar-refractivity contribution in [2.75, 3.05) is 13.6 Å². The average molecular weight is 250 g/mol. The molecule has 18 heavy (non-hydrogen) atoms. The summed E-state index contributed by atoms with van der Waals surface area (Å²) in [5.74, 6) is -0.127. The molecule has 0 aromatic heterocycles. The Labute approximate surface area is 108 Å². The molecule has 0 heterocycles. The molecule has 100 valence electrons. The van der Waals surface area contributed by atoms with Crippen molar-refractivity contribution in [2.24, 2.45) is 0 Å². The molecule has 0 aliphatic heterocycles. The van der Waals surface area contributed by atoms with Crippen molar-refractivity contribution < 1.29 is 10.2 Å². The molecule has 1 aliphatic carbocycles. The predicted molar refractivity (Wildman–Crippen MR) is 71.7 cm³/mol. The van der Waals surface area contributed by atoms with E-state index in [0.717, 1.165) is 18.2 Å². The Balaban J connectivity index is 1.75. The van der Waals surface area contributed by atoms with Gasteiger partial charge in [0.15, 0.2) is 11.5 Å². The Morgan fingerprint density at radius 1 is 1.33 bits per heavy atom. The molecule has 4 heteroatoms. The number of benzene rings is 1. The third-order valence-corrected chi connectivity index (χ3v) is 3.63. The van der Waals surface area contributed by atoms with Crippen LogP contribution in [0.5, 0.6) is 11.5 Å².